The Balaban J connectivity index is 1.81. The van der Waals surface area contributed by atoms with E-state index in [0.717, 1.165) is 41.9 Å². The summed E-state index contributed by atoms with van der Waals surface area (Å²) >= 11 is 0. The predicted molar refractivity (Wildman–Crippen MR) is 83.6 cm³/mol. The number of nitrogens with zero attached hydrogens (tertiary/aromatic N) is 4. The van der Waals surface area contributed by atoms with Gasteiger partial charge in [0.05, 0.1) is 11.7 Å². The number of aliphatic hydroxyl groups excluding tert-OH is 1. The van der Waals surface area contributed by atoms with Crippen LogP contribution in [0.5, 0.6) is 0 Å². The van der Waals surface area contributed by atoms with Crippen LogP contribution < -0.4 is 0 Å². The smallest absolute Gasteiger partial charge is 0.179 e. The van der Waals surface area contributed by atoms with Crippen LogP contribution in [0, 0.1) is 11.8 Å². The second kappa shape index (κ2) is 5.35. The Labute approximate surface area is 128 Å². The molecule has 1 fully saturated rings. The molecule has 0 aliphatic heterocycles. The normalized spacial score (nSPS) is 25.5. The number of nitrogens with one attached hydrogen (secondary N) is 1. The zero-order chi connectivity index (χ0) is 15.1. The fourth-order valence-electron chi connectivity index (χ4n) is 4.06. The highest BCUT2D eigenvalue weighted by molar-refractivity contribution is 5.74. The lowest BCUT2D eigenvalue weighted by atomic mass is 9.93. The summed E-state index contributed by atoms with van der Waals surface area (Å²) < 4.78 is 2.15. The Kier molecular flexibility index (Phi) is 3.33. The SMILES string of the molecule is CCC1CC(CCO)CC1c1nnc2cnc3[nH]ccc3n12. The van der Waals surface area contributed by atoms with Gasteiger partial charge in [-0.2, -0.15) is 0 Å². The van der Waals surface area contributed by atoms with E-state index in [1.165, 1.54) is 6.42 Å². The van der Waals surface area contributed by atoms with E-state index in [2.05, 4.69) is 31.5 Å². The highest BCUT2D eigenvalue weighted by atomic mass is 16.3. The average Bonchev–Trinajstić information content (AvgIpc) is 3.23. The van der Waals surface area contributed by atoms with Crippen molar-refractivity contribution >= 4 is 16.8 Å². The Hall–Kier alpha value is -1.95. The van der Waals surface area contributed by atoms with Crippen molar-refractivity contribution in [3.05, 3.63) is 24.3 Å². The third kappa shape index (κ3) is 2.01. The fraction of sp³-hybridized carbons (Fsp3) is 0.562. The third-order valence-electron chi connectivity index (χ3n) is 5.15. The van der Waals surface area contributed by atoms with Gasteiger partial charge in [-0.05, 0) is 37.2 Å². The highest BCUT2D eigenvalue weighted by Gasteiger charge is 2.36. The average molecular weight is 299 g/mol. The molecule has 3 atom stereocenters. The van der Waals surface area contributed by atoms with Crippen LogP contribution in [0.3, 0.4) is 0 Å². The molecular weight excluding hydrogens is 278 g/mol. The van der Waals surface area contributed by atoms with Gasteiger partial charge in [0, 0.05) is 18.7 Å². The van der Waals surface area contributed by atoms with Crippen LogP contribution in [0.25, 0.3) is 16.8 Å². The largest absolute Gasteiger partial charge is 0.396 e. The molecule has 0 spiro atoms. The summed E-state index contributed by atoms with van der Waals surface area (Å²) in [5.41, 5.74) is 2.71. The Morgan fingerprint density at radius 1 is 1.36 bits per heavy atom. The molecule has 22 heavy (non-hydrogen) atoms. The van der Waals surface area contributed by atoms with Crippen LogP contribution in [0.2, 0.25) is 0 Å². The first kappa shape index (κ1) is 13.7. The number of hydrogen-bond acceptors (Lipinski definition) is 4. The van der Waals surface area contributed by atoms with Crippen LogP contribution in [-0.4, -0.2) is 36.3 Å². The van der Waals surface area contributed by atoms with Gasteiger partial charge in [0.25, 0.3) is 0 Å². The second-order valence-corrected chi connectivity index (χ2v) is 6.35. The molecule has 0 amide bonds. The highest BCUT2D eigenvalue weighted by Crippen LogP contribution is 2.45. The van der Waals surface area contributed by atoms with E-state index in [-0.39, 0.29) is 6.61 Å². The van der Waals surface area contributed by atoms with Gasteiger partial charge in [0.1, 0.15) is 5.82 Å². The molecule has 1 aliphatic carbocycles. The summed E-state index contributed by atoms with van der Waals surface area (Å²) in [6, 6.07) is 2.03. The molecule has 6 nitrogen and oxygen atoms in total. The molecule has 0 bridgehead atoms. The summed E-state index contributed by atoms with van der Waals surface area (Å²) in [5, 5.41) is 18.1. The van der Waals surface area contributed by atoms with Crippen LogP contribution in [-0.2, 0) is 0 Å². The quantitative estimate of drug-likeness (QED) is 0.776. The van der Waals surface area contributed by atoms with Crippen molar-refractivity contribution < 1.29 is 5.11 Å². The molecule has 3 aromatic rings. The monoisotopic (exact) mass is 299 g/mol. The number of aromatic amines is 1. The molecular formula is C16H21N5O. The molecule has 0 radical (unpaired) electrons. The van der Waals surface area contributed by atoms with Crippen LogP contribution in [0.1, 0.15) is 44.3 Å². The first-order chi connectivity index (χ1) is 10.8. The maximum absolute atomic E-state index is 9.24. The first-order valence-corrected chi connectivity index (χ1v) is 8.09. The van der Waals surface area contributed by atoms with Crippen molar-refractivity contribution in [2.45, 2.75) is 38.5 Å². The van der Waals surface area contributed by atoms with Crippen molar-refractivity contribution in [2.75, 3.05) is 6.61 Å². The number of fused-ring (bicyclic) bond motifs is 3. The Morgan fingerprint density at radius 3 is 3.09 bits per heavy atom. The maximum atomic E-state index is 9.24. The van der Waals surface area contributed by atoms with Gasteiger partial charge in [0.2, 0.25) is 0 Å². The lowest BCUT2D eigenvalue weighted by Crippen LogP contribution is -2.09. The maximum Gasteiger partial charge on any atom is 0.179 e. The fourth-order valence-corrected chi connectivity index (χ4v) is 4.06. The summed E-state index contributed by atoms with van der Waals surface area (Å²) in [6.07, 6.45) is 7.98. The molecule has 3 unspecified atom stereocenters. The number of H-pyrrole nitrogens is 1. The molecule has 116 valence electrons. The van der Waals surface area contributed by atoms with E-state index in [0.29, 0.717) is 17.8 Å². The molecule has 0 aromatic carbocycles. The minimum atomic E-state index is 0.278. The van der Waals surface area contributed by atoms with Crippen molar-refractivity contribution in [1.29, 1.82) is 0 Å². The van der Waals surface area contributed by atoms with Gasteiger partial charge in [0.15, 0.2) is 11.3 Å². The minimum absolute atomic E-state index is 0.278. The van der Waals surface area contributed by atoms with E-state index in [1.54, 1.807) is 6.20 Å². The summed E-state index contributed by atoms with van der Waals surface area (Å²) in [5.74, 6) is 2.67. The van der Waals surface area contributed by atoms with E-state index in [1.807, 2.05) is 12.3 Å². The topological polar surface area (TPSA) is 79.1 Å². The lowest BCUT2D eigenvalue weighted by molar-refractivity contribution is 0.255. The third-order valence-corrected chi connectivity index (χ3v) is 5.15. The molecule has 3 heterocycles. The lowest BCUT2D eigenvalue weighted by Gasteiger charge is -2.16. The summed E-state index contributed by atoms with van der Waals surface area (Å²) in [6.45, 7) is 2.52. The van der Waals surface area contributed by atoms with Gasteiger partial charge < -0.3 is 10.1 Å². The zero-order valence-corrected chi connectivity index (χ0v) is 12.7. The van der Waals surface area contributed by atoms with Crippen molar-refractivity contribution in [1.82, 2.24) is 24.6 Å². The molecule has 2 N–H and O–H groups in total. The van der Waals surface area contributed by atoms with Crippen LogP contribution >= 0.6 is 0 Å². The van der Waals surface area contributed by atoms with Gasteiger partial charge in [-0.1, -0.05) is 13.3 Å². The molecule has 0 saturated heterocycles. The first-order valence-electron chi connectivity index (χ1n) is 8.09. The van der Waals surface area contributed by atoms with Crippen molar-refractivity contribution in [3.8, 4) is 0 Å². The van der Waals surface area contributed by atoms with Crippen molar-refractivity contribution in [3.63, 3.8) is 0 Å². The zero-order valence-electron chi connectivity index (χ0n) is 12.7. The number of aliphatic hydroxyl groups is 1. The molecule has 1 aliphatic rings. The van der Waals surface area contributed by atoms with Crippen LogP contribution in [0.15, 0.2) is 18.5 Å². The summed E-state index contributed by atoms with van der Waals surface area (Å²) in [4.78, 5) is 7.53. The van der Waals surface area contributed by atoms with E-state index >= 15 is 0 Å². The van der Waals surface area contributed by atoms with E-state index < -0.39 is 0 Å². The molecule has 4 rings (SSSR count). The molecule has 1 saturated carbocycles. The predicted octanol–water partition coefficient (Wildman–Crippen LogP) is 2.51. The standard InChI is InChI=1S/C16H21N5O/c1-2-11-7-10(4-6-22)8-12(11)16-20-19-14-9-18-15-13(21(14)16)3-5-17-15/h3,5,9-12,17,22H,2,4,6-8H2,1H3. The number of hydrogen-bond donors (Lipinski definition) is 2. The summed E-state index contributed by atoms with van der Waals surface area (Å²) in [7, 11) is 0. The number of aromatic nitrogens is 5. The Bertz CT molecular complexity index is 792. The second-order valence-electron chi connectivity index (χ2n) is 6.35. The van der Waals surface area contributed by atoms with E-state index in [4.69, 9.17) is 0 Å². The van der Waals surface area contributed by atoms with Gasteiger partial charge in [-0.3, -0.25) is 4.40 Å². The Morgan fingerprint density at radius 2 is 2.27 bits per heavy atom. The van der Waals surface area contributed by atoms with Gasteiger partial charge in [-0.25, -0.2) is 4.98 Å². The minimum Gasteiger partial charge on any atom is -0.396 e. The molecule has 3 aromatic heterocycles. The number of rotatable bonds is 4. The van der Waals surface area contributed by atoms with Gasteiger partial charge >= 0.3 is 0 Å². The van der Waals surface area contributed by atoms with E-state index in [9.17, 15) is 5.11 Å². The van der Waals surface area contributed by atoms with Crippen LogP contribution in [0.4, 0.5) is 0 Å². The van der Waals surface area contributed by atoms with Gasteiger partial charge in [-0.15, -0.1) is 10.2 Å². The van der Waals surface area contributed by atoms with Crippen molar-refractivity contribution in [2.24, 2.45) is 11.8 Å². The molecule has 6 heteroatoms.